The molecule has 0 aromatic heterocycles. The lowest BCUT2D eigenvalue weighted by atomic mass is 9.71. The lowest BCUT2D eigenvalue weighted by Gasteiger charge is -2.33. The number of aliphatic hydroxyl groups excluding tert-OH is 2. The highest BCUT2D eigenvalue weighted by molar-refractivity contribution is 5.86. The van der Waals surface area contributed by atoms with Crippen LogP contribution in [0.5, 0.6) is 0 Å². The Morgan fingerprint density at radius 3 is 1.93 bits per heavy atom. The average molecular weight is 202 g/mol. The van der Waals surface area contributed by atoms with Crippen molar-refractivity contribution in [1.29, 1.82) is 0 Å². The van der Waals surface area contributed by atoms with E-state index in [9.17, 15) is 9.90 Å². The Labute approximate surface area is 86.1 Å². The van der Waals surface area contributed by atoms with Crippen LogP contribution in [0.2, 0.25) is 0 Å². The molecular formula is C11H22O3. The first-order valence-corrected chi connectivity index (χ1v) is 5.04. The molecule has 2 N–H and O–H groups in total. The van der Waals surface area contributed by atoms with Crippen LogP contribution in [0.1, 0.15) is 34.6 Å². The molecule has 0 saturated heterocycles. The zero-order chi connectivity index (χ0) is 11.5. The van der Waals surface area contributed by atoms with Gasteiger partial charge in [0.2, 0.25) is 0 Å². The zero-order valence-electron chi connectivity index (χ0n) is 9.74. The fourth-order valence-corrected chi connectivity index (χ4v) is 2.05. The number of ketones is 1. The molecule has 0 aliphatic rings. The third-order valence-electron chi connectivity index (χ3n) is 2.41. The molecule has 0 aromatic carbocycles. The summed E-state index contributed by atoms with van der Waals surface area (Å²) in [6.45, 7) is 9.34. The summed E-state index contributed by atoms with van der Waals surface area (Å²) in [5.74, 6) is -0.302. The van der Waals surface area contributed by atoms with Crippen LogP contribution in [-0.2, 0) is 4.79 Å². The molecule has 0 amide bonds. The highest BCUT2D eigenvalue weighted by Gasteiger charge is 2.36. The summed E-state index contributed by atoms with van der Waals surface area (Å²) in [4.78, 5) is 11.8. The van der Waals surface area contributed by atoms with Crippen LogP contribution >= 0.6 is 0 Å². The van der Waals surface area contributed by atoms with Crippen molar-refractivity contribution >= 4 is 5.78 Å². The van der Waals surface area contributed by atoms with Crippen LogP contribution < -0.4 is 0 Å². The Kier molecular flexibility index (Phi) is 4.75. The molecule has 0 spiro atoms. The maximum atomic E-state index is 11.8. The van der Waals surface area contributed by atoms with E-state index in [0.29, 0.717) is 0 Å². The molecule has 0 aromatic rings. The number of carbonyl (C=O) groups is 1. The van der Waals surface area contributed by atoms with Crippen molar-refractivity contribution in [2.45, 2.75) is 40.7 Å². The maximum Gasteiger partial charge on any atom is 0.167 e. The topological polar surface area (TPSA) is 57.5 Å². The first-order valence-electron chi connectivity index (χ1n) is 5.04. The average Bonchev–Trinajstić information content (AvgIpc) is 1.99. The van der Waals surface area contributed by atoms with E-state index in [-0.39, 0.29) is 23.0 Å². The van der Waals surface area contributed by atoms with Crippen LogP contribution in [0.4, 0.5) is 0 Å². The molecule has 84 valence electrons. The second-order valence-electron chi connectivity index (χ2n) is 5.19. The third-order valence-corrected chi connectivity index (χ3v) is 2.41. The Morgan fingerprint density at radius 2 is 1.71 bits per heavy atom. The van der Waals surface area contributed by atoms with Crippen LogP contribution in [0.25, 0.3) is 0 Å². The van der Waals surface area contributed by atoms with Gasteiger partial charge in [0.25, 0.3) is 0 Å². The molecule has 14 heavy (non-hydrogen) atoms. The number of carbonyl (C=O) groups excluding carboxylic acids is 1. The van der Waals surface area contributed by atoms with Gasteiger partial charge in [0, 0.05) is 5.92 Å². The lowest BCUT2D eigenvalue weighted by Crippen LogP contribution is -2.40. The van der Waals surface area contributed by atoms with Gasteiger partial charge in [-0.25, -0.2) is 0 Å². The predicted molar refractivity (Wildman–Crippen MR) is 55.9 cm³/mol. The Bertz CT molecular complexity index is 191. The molecule has 0 aliphatic carbocycles. The van der Waals surface area contributed by atoms with E-state index in [0.717, 1.165) is 0 Å². The molecule has 0 aliphatic heterocycles. The first kappa shape index (κ1) is 13.6. The van der Waals surface area contributed by atoms with Gasteiger partial charge in [-0.2, -0.15) is 0 Å². The highest BCUT2D eigenvalue weighted by Crippen LogP contribution is 2.33. The molecule has 0 fully saturated rings. The summed E-state index contributed by atoms with van der Waals surface area (Å²) < 4.78 is 0. The van der Waals surface area contributed by atoms with E-state index in [1.165, 1.54) is 0 Å². The molecule has 0 radical (unpaired) electrons. The van der Waals surface area contributed by atoms with Crippen molar-refractivity contribution in [2.24, 2.45) is 17.3 Å². The minimum absolute atomic E-state index is 0.170. The lowest BCUT2D eigenvalue weighted by molar-refractivity contribution is -0.138. The monoisotopic (exact) mass is 202 g/mol. The summed E-state index contributed by atoms with van der Waals surface area (Å²) in [5.41, 5.74) is -0.179. The minimum Gasteiger partial charge on any atom is -0.393 e. The minimum atomic E-state index is -1.23. The van der Waals surface area contributed by atoms with Gasteiger partial charge < -0.3 is 10.2 Å². The van der Waals surface area contributed by atoms with Crippen LogP contribution in [0, 0.1) is 17.3 Å². The molecule has 0 bridgehead atoms. The van der Waals surface area contributed by atoms with Gasteiger partial charge in [-0.1, -0.05) is 34.6 Å². The van der Waals surface area contributed by atoms with Gasteiger partial charge >= 0.3 is 0 Å². The highest BCUT2D eigenvalue weighted by atomic mass is 16.3. The SMILES string of the molecule is CC(C)C(C(=O)C(O)CO)C(C)(C)C. The second kappa shape index (κ2) is 4.89. The van der Waals surface area contributed by atoms with Crippen molar-refractivity contribution in [1.82, 2.24) is 0 Å². The Morgan fingerprint density at radius 1 is 1.29 bits per heavy atom. The molecule has 3 heteroatoms. The normalized spacial score (nSPS) is 16.9. The summed E-state index contributed by atoms with van der Waals surface area (Å²) in [6, 6.07) is 0. The summed E-state index contributed by atoms with van der Waals surface area (Å²) in [6.07, 6.45) is -1.23. The summed E-state index contributed by atoms with van der Waals surface area (Å²) in [7, 11) is 0. The molecule has 0 rings (SSSR count). The molecular weight excluding hydrogens is 180 g/mol. The first-order chi connectivity index (χ1) is 6.21. The van der Waals surface area contributed by atoms with Crippen molar-refractivity contribution < 1.29 is 15.0 Å². The second-order valence-corrected chi connectivity index (χ2v) is 5.19. The van der Waals surface area contributed by atoms with Crippen molar-refractivity contribution in [3.63, 3.8) is 0 Å². The standard InChI is InChI=1S/C11H22O3/c1-7(2)9(11(3,4)5)10(14)8(13)6-12/h7-9,12-13H,6H2,1-5H3. The Balaban J connectivity index is 4.77. The van der Waals surface area contributed by atoms with E-state index in [1.807, 2.05) is 34.6 Å². The number of Topliss-reactive ketones (excluding diaryl/α,β-unsaturated/α-hetero) is 1. The number of hydrogen-bond acceptors (Lipinski definition) is 3. The van der Waals surface area contributed by atoms with E-state index in [4.69, 9.17) is 5.11 Å². The molecule has 0 heterocycles. The number of hydrogen-bond donors (Lipinski definition) is 2. The van der Waals surface area contributed by atoms with Gasteiger partial charge in [0.05, 0.1) is 6.61 Å². The van der Waals surface area contributed by atoms with E-state index in [1.54, 1.807) is 0 Å². The van der Waals surface area contributed by atoms with E-state index >= 15 is 0 Å². The molecule has 0 saturated carbocycles. The quantitative estimate of drug-likeness (QED) is 0.721. The van der Waals surface area contributed by atoms with Crippen molar-refractivity contribution in [2.75, 3.05) is 6.61 Å². The van der Waals surface area contributed by atoms with Crippen LogP contribution in [0.3, 0.4) is 0 Å². The smallest absolute Gasteiger partial charge is 0.167 e. The van der Waals surface area contributed by atoms with Crippen LogP contribution in [0.15, 0.2) is 0 Å². The van der Waals surface area contributed by atoms with Crippen molar-refractivity contribution in [3.05, 3.63) is 0 Å². The Hall–Kier alpha value is -0.410. The summed E-state index contributed by atoms with van der Waals surface area (Å²) in [5, 5.41) is 18.0. The largest absolute Gasteiger partial charge is 0.393 e. The zero-order valence-corrected chi connectivity index (χ0v) is 9.74. The third kappa shape index (κ3) is 3.39. The fourth-order valence-electron chi connectivity index (χ4n) is 2.05. The number of rotatable bonds is 4. The number of aliphatic hydroxyl groups is 2. The van der Waals surface area contributed by atoms with Gasteiger partial charge in [-0.05, 0) is 11.3 Å². The maximum absolute atomic E-state index is 11.8. The van der Waals surface area contributed by atoms with Gasteiger partial charge in [0.15, 0.2) is 5.78 Å². The summed E-state index contributed by atoms with van der Waals surface area (Å²) >= 11 is 0. The fraction of sp³-hybridized carbons (Fsp3) is 0.909. The van der Waals surface area contributed by atoms with Crippen molar-refractivity contribution in [3.8, 4) is 0 Å². The molecule has 3 nitrogen and oxygen atoms in total. The van der Waals surface area contributed by atoms with Gasteiger partial charge in [0.1, 0.15) is 6.10 Å². The van der Waals surface area contributed by atoms with Crippen LogP contribution in [-0.4, -0.2) is 28.7 Å². The van der Waals surface area contributed by atoms with E-state index < -0.39 is 12.7 Å². The molecule has 2 atom stereocenters. The van der Waals surface area contributed by atoms with Gasteiger partial charge in [-0.15, -0.1) is 0 Å². The van der Waals surface area contributed by atoms with Gasteiger partial charge in [-0.3, -0.25) is 4.79 Å². The molecule has 2 unspecified atom stereocenters. The van der Waals surface area contributed by atoms with E-state index in [2.05, 4.69) is 0 Å². The predicted octanol–water partition coefficient (Wildman–Crippen LogP) is 1.23.